The van der Waals surface area contributed by atoms with E-state index in [1.807, 2.05) is 0 Å². The standard InChI is InChI=1S/C18H26N2/c1-13(2)14-7-6-8-15-16(11-20-17(14)15)18(12-19)9-4-3-5-10-18/h6-8,11,13,20H,3-5,9-10,12,19H2,1-2H3. The quantitative estimate of drug-likeness (QED) is 0.850. The summed E-state index contributed by atoms with van der Waals surface area (Å²) >= 11 is 0. The lowest BCUT2D eigenvalue weighted by molar-refractivity contribution is 0.303. The highest BCUT2D eigenvalue weighted by molar-refractivity contribution is 5.87. The van der Waals surface area contributed by atoms with E-state index in [4.69, 9.17) is 5.73 Å². The zero-order chi connectivity index (χ0) is 14.2. The largest absolute Gasteiger partial charge is 0.361 e. The number of rotatable bonds is 3. The average molecular weight is 270 g/mol. The molecule has 0 unspecified atom stereocenters. The van der Waals surface area contributed by atoms with E-state index >= 15 is 0 Å². The molecule has 3 N–H and O–H groups in total. The maximum Gasteiger partial charge on any atom is 0.0492 e. The molecule has 108 valence electrons. The smallest absolute Gasteiger partial charge is 0.0492 e. The number of nitrogens with one attached hydrogen (secondary N) is 1. The second-order valence-electron chi connectivity index (χ2n) is 6.67. The number of aromatic nitrogens is 1. The van der Waals surface area contributed by atoms with Crippen molar-refractivity contribution < 1.29 is 0 Å². The molecule has 0 radical (unpaired) electrons. The number of hydrogen-bond donors (Lipinski definition) is 2. The van der Waals surface area contributed by atoms with Crippen LogP contribution in [0.3, 0.4) is 0 Å². The summed E-state index contributed by atoms with van der Waals surface area (Å²) < 4.78 is 0. The Morgan fingerprint density at radius 2 is 1.95 bits per heavy atom. The minimum Gasteiger partial charge on any atom is -0.361 e. The van der Waals surface area contributed by atoms with Gasteiger partial charge in [0.25, 0.3) is 0 Å². The summed E-state index contributed by atoms with van der Waals surface area (Å²) in [6.07, 6.45) is 8.70. The van der Waals surface area contributed by atoms with Crippen molar-refractivity contribution in [1.82, 2.24) is 4.98 Å². The van der Waals surface area contributed by atoms with Crippen molar-refractivity contribution >= 4 is 10.9 Å². The number of fused-ring (bicyclic) bond motifs is 1. The fourth-order valence-electron chi connectivity index (χ4n) is 3.91. The van der Waals surface area contributed by atoms with Gasteiger partial charge in [-0.25, -0.2) is 0 Å². The van der Waals surface area contributed by atoms with E-state index in [1.165, 1.54) is 54.1 Å². The van der Waals surface area contributed by atoms with Crippen molar-refractivity contribution in [3.05, 3.63) is 35.5 Å². The Hall–Kier alpha value is -1.28. The maximum atomic E-state index is 6.20. The van der Waals surface area contributed by atoms with Crippen molar-refractivity contribution in [3.8, 4) is 0 Å². The molecule has 0 bridgehead atoms. The summed E-state index contributed by atoms with van der Waals surface area (Å²) in [6, 6.07) is 6.70. The molecule has 1 aliphatic carbocycles. The van der Waals surface area contributed by atoms with Crippen molar-refractivity contribution in [3.63, 3.8) is 0 Å². The van der Waals surface area contributed by atoms with E-state index in [9.17, 15) is 0 Å². The monoisotopic (exact) mass is 270 g/mol. The van der Waals surface area contributed by atoms with Gasteiger partial charge >= 0.3 is 0 Å². The number of benzene rings is 1. The zero-order valence-corrected chi connectivity index (χ0v) is 12.7. The first-order valence-corrected chi connectivity index (χ1v) is 7.98. The number of aromatic amines is 1. The lowest BCUT2D eigenvalue weighted by Gasteiger charge is -2.36. The van der Waals surface area contributed by atoms with Crippen LogP contribution < -0.4 is 5.73 Å². The van der Waals surface area contributed by atoms with Crippen molar-refractivity contribution in [1.29, 1.82) is 0 Å². The van der Waals surface area contributed by atoms with E-state index in [0.717, 1.165) is 6.54 Å². The van der Waals surface area contributed by atoms with Crippen LogP contribution in [-0.4, -0.2) is 11.5 Å². The van der Waals surface area contributed by atoms with Gasteiger partial charge in [-0.3, -0.25) is 0 Å². The van der Waals surface area contributed by atoms with E-state index in [0.29, 0.717) is 5.92 Å². The van der Waals surface area contributed by atoms with Gasteiger partial charge in [-0.1, -0.05) is 51.3 Å². The first-order chi connectivity index (χ1) is 9.68. The first-order valence-electron chi connectivity index (χ1n) is 7.98. The predicted octanol–water partition coefficient (Wildman–Crippen LogP) is 4.45. The minimum atomic E-state index is 0.200. The van der Waals surface area contributed by atoms with Crippen LogP contribution in [-0.2, 0) is 5.41 Å². The van der Waals surface area contributed by atoms with Gasteiger partial charge in [-0.15, -0.1) is 0 Å². The molecular formula is C18H26N2. The fourth-order valence-corrected chi connectivity index (χ4v) is 3.91. The van der Waals surface area contributed by atoms with E-state index < -0.39 is 0 Å². The van der Waals surface area contributed by atoms with Crippen LogP contribution >= 0.6 is 0 Å². The number of H-pyrrole nitrogens is 1. The van der Waals surface area contributed by atoms with Gasteiger partial charge in [0.2, 0.25) is 0 Å². The molecule has 1 heterocycles. The minimum absolute atomic E-state index is 0.200. The summed E-state index contributed by atoms with van der Waals surface area (Å²) in [5.74, 6) is 0.547. The van der Waals surface area contributed by atoms with Gasteiger partial charge in [0, 0.05) is 29.1 Å². The molecule has 0 saturated heterocycles. The Balaban J connectivity index is 2.14. The van der Waals surface area contributed by atoms with Crippen LogP contribution in [0.2, 0.25) is 0 Å². The molecule has 1 aromatic heterocycles. The third-order valence-electron chi connectivity index (χ3n) is 5.14. The molecule has 1 saturated carbocycles. The van der Waals surface area contributed by atoms with Gasteiger partial charge in [-0.2, -0.15) is 0 Å². The highest BCUT2D eigenvalue weighted by Gasteiger charge is 2.34. The SMILES string of the molecule is CC(C)c1cccc2c(C3(CN)CCCCC3)c[nH]c12. The fraction of sp³-hybridized carbons (Fsp3) is 0.556. The highest BCUT2D eigenvalue weighted by Crippen LogP contribution is 2.42. The Kier molecular flexibility index (Phi) is 3.59. The summed E-state index contributed by atoms with van der Waals surface area (Å²) in [5.41, 5.74) is 10.6. The maximum absolute atomic E-state index is 6.20. The predicted molar refractivity (Wildman–Crippen MR) is 86.2 cm³/mol. The molecule has 0 atom stereocenters. The topological polar surface area (TPSA) is 41.8 Å². The lowest BCUT2D eigenvalue weighted by Crippen LogP contribution is -2.36. The normalized spacial score (nSPS) is 18.8. The zero-order valence-electron chi connectivity index (χ0n) is 12.7. The van der Waals surface area contributed by atoms with E-state index in [-0.39, 0.29) is 5.41 Å². The Labute approximate surface area is 121 Å². The second kappa shape index (κ2) is 5.25. The molecule has 1 aliphatic rings. The first kappa shape index (κ1) is 13.7. The van der Waals surface area contributed by atoms with E-state index in [1.54, 1.807) is 0 Å². The molecule has 0 aliphatic heterocycles. The third kappa shape index (κ3) is 2.07. The number of para-hydroxylation sites is 1. The summed E-state index contributed by atoms with van der Waals surface area (Å²) in [4.78, 5) is 3.54. The van der Waals surface area contributed by atoms with Crippen LogP contribution in [0.1, 0.15) is 63.0 Å². The van der Waals surface area contributed by atoms with Crippen LogP contribution in [0.15, 0.2) is 24.4 Å². The van der Waals surface area contributed by atoms with Crippen molar-refractivity contribution in [2.45, 2.75) is 57.3 Å². The Bertz CT molecular complexity index is 588. The van der Waals surface area contributed by atoms with Crippen molar-refractivity contribution in [2.24, 2.45) is 5.73 Å². The molecule has 20 heavy (non-hydrogen) atoms. The molecule has 1 fully saturated rings. The lowest BCUT2D eigenvalue weighted by atomic mass is 9.69. The molecule has 3 rings (SSSR count). The average Bonchev–Trinajstić information content (AvgIpc) is 2.92. The highest BCUT2D eigenvalue weighted by atomic mass is 14.7. The molecule has 2 nitrogen and oxygen atoms in total. The van der Waals surface area contributed by atoms with Crippen LogP contribution in [0.4, 0.5) is 0 Å². The summed E-state index contributed by atoms with van der Waals surface area (Å²) in [6.45, 7) is 5.29. The molecule has 2 heteroatoms. The Morgan fingerprint density at radius 3 is 2.60 bits per heavy atom. The van der Waals surface area contributed by atoms with Gasteiger partial charge in [-0.05, 0) is 29.9 Å². The Morgan fingerprint density at radius 1 is 1.20 bits per heavy atom. The van der Waals surface area contributed by atoms with Crippen LogP contribution in [0, 0.1) is 0 Å². The van der Waals surface area contributed by atoms with Crippen LogP contribution in [0.5, 0.6) is 0 Å². The molecular weight excluding hydrogens is 244 g/mol. The molecule has 0 spiro atoms. The van der Waals surface area contributed by atoms with Gasteiger partial charge in [0.05, 0.1) is 0 Å². The molecule has 2 aromatic rings. The third-order valence-corrected chi connectivity index (χ3v) is 5.14. The molecule has 1 aromatic carbocycles. The van der Waals surface area contributed by atoms with Gasteiger partial charge < -0.3 is 10.7 Å². The second-order valence-corrected chi connectivity index (χ2v) is 6.67. The van der Waals surface area contributed by atoms with E-state index in [2.05, 4.69) is 43.2 Å². The van der Waals surface area contributed by atoms with Gasteiger partial charge in [0.1, 0.15) is 0 Å². The number of nitrogens with two attached hydrogens (primary N) is 1. The van der Waals surface area contributed by atoms with Crippen LogP contribution in [0.25, 0.3) is 10.9 Å². The number of hydrogen-bond acceptors (Lipinski definition) is 1. The van der Waals surface area contributed by atoms with Gasteiger partial charge in [0.15, 0.2) is 0 Å². The summed E-state index contributed by atoms with van der Waals surface area (Å²) in [7, 11) is 0. The molecule has 0 amide bonds. The van der Waals surface area contributed by atoms with Crippen molar-refractivity contribution in [2.75, 3.05) is 6.54 Å². The summed E-state index contributed by atoms with van der Waals surface area (Å²) in [5, 5.41) is 1.39.